The molecule has 1 aromatic heterocycles. The molecule has 1 unspecified atom stereocenters. The molecular formula is C21H26N2O4S. The third kappa shape index (κ3) is 4.29. The number of carbonyl (C=O) groups is 1. The minimum atomic E-state index is -3.26. The zero-order valence-corrected chi connectivity index (χ0v) is 16.9. The van der Waals surface area contributed by atoms with Crippen molar-refractivity contribution in [1.29, 1.82) is 0 Å². The van der Waals surface area contributed by atoms with E-state index in [4.69, 9.17) is 4.52 Å². The molecule has 28 heavy (non-hydrogen) atoms. The van der Waals surface area contributed by atoms with Crippen LogP contribution in [0.25, 0.3) is 0 Å². The Morgan fingerprint density at radius 2 is 1.86 bits per heavy atom. The molecule has 0 radical (unpaired) electrons. The number of hydrogen-bond acceptors (Lipinski definition) is 5. The van der Waals surface area contributed by atoms with Crippen molar-refractivity contribution in [2.24, 2.45) is 5.92 Å². The van der Waals surface area contributed by atoms with Crippen LogP contribution in [0.2, 0.25) is 0 Å². The van der Waals surface area contributed by atoms with Gasteiger partial charge < -0.3 is 9.84 Å². The summed E-state index contributed by atoms with van der Waals surface area (Å²) in [5.74, 6) is 1.25. The maximum atomic E-state index is 13.2. The minimum absolute atomic E-state index is 0.0795. The molecule has 0 spiro atoms. The van der Waals surface area contributed by atoms with E-state index < -0.39 is 9.84 Å². The van der Waals surface area contributed by atoms with Gasteiger partial charge in [-0.15, -0.1) is 0 Å². The van der Waals surface area contributed by atoms with Gasteiger partial charge in [0.2, 0.25) is 5.91 Å². The van der Waals surface area contributed by atoms with Crippen molar-refractivity contribution in [2.45, 2.75) is 61.7 Å². The summed E-state index contributed by atoms with van der Waals surface area (Å²) in [7, 11) is -3.26. The quantitative estimate of drug-likeness (QED) is 0.747. The Morgan fingerprint density at radius 1 is 1.18 bits per heavy atom. The molecule has 2 aromatic rings. The van der Waals surface area contributed by atoms with Crippen molar-refractivity contribution in [2.75, 3.05) is 11.6 Å². The fourth-order valence-electron chi connectivity index (χ4n) is 4.12. The van der Waals surface area contributed by atoms with Crippen LogP contribution >= 0.6 is 0 Å². The summed E-state index contributed by atoms with van der Waals surface area (Å²) in [4.78, 5) is 13.4. The maximum Gasteiger partial charge on any atom is 0.232 e. The van der Waals surface area contributed by atoms with Crippen molar-refractivity contribution >= 4 is 21.4 Å². The van der Waals surface area contributed by atoms with Crippen LogP contribution in [0.1, 0.15) is 68.1 Å². The number of anilines is 1. The molecule has 1 aromatic carbocycles. The zero-order chi connectivity index (χ0) is 19.7. The summed E-state index contributed by atoms with van der Waals surface area (Å²) in [5.41, 5.74) is 1.51. The lowest BCUT2D eigenvalue weighted by atomic mass is 9.87. The van der Waals surface area contributed by atoms with Gasteiger partial charge in [0, 0.05) is 12.2 Å². The number of nitrogens with one attached hydrogen (secondary N) is 1. The molecule has 1 amide bonds. The Labute approximate surface area is 165 Å². The van der Waals surface area contributed by atoms with E-state index in [1.54, 1.807) is 30.5 Å². The van der Waals surface area contributed by atoms with Gasteiger partial charge in [-0.3, -0.25) is 4.79 Å². The lowest BCUT2D eigenvalue weighted by molar-refractivity contribution is -0.118. The third-order valence-electron chi connectivity index (χ3n) is 5.88. The van der Waals surface area contributed by atoms with E-state index in [9.17, 15) is 13.2 Å². The number of hydrogen-bond donors (Lipinski definition) is 1. The highest BCUT2D eigenvalue weighted by Crippen LogP contribution is 2.43. The molecule has 2 saturated carbocycles. The first-order chi connectivity index (χ1) is 13.4. The Bertz CT molecular complexity index is 939. The van der Waals surface area contributed by atoms with Crippen LogP contribution < -0.4 is 5.32 Å². The molecule has 1 heterocycles. The van der Waals surface area contributed by atoms with E-state index in [1.807, 2.05) is 0 Å². The molecule has 6 nitrogen and oxygen atoms in total. The van der Waals surface area contributed by atoms with Crippen molar-refractivity contribution in [3.05, 3.63) is 41.8 Å². The van der Waals surface area contributed by atoms with E-state index in [2.05, 4.69) is 10.5 Å². The van der Waals surface area contributed by atoms with Gasteiger partial charge in [0.05, 0.1) is 17.0 Å². The van der Waals surface area contributed by atoms with Gasteiger partial charge in [-0.25, -0.2) is 8.42 Å². The number of rotatable bonds is 7. The molecule has 0 saturated heterocycles. The van der Waals surface area contributed by atoms with Gasteiger partial charge in [0.15, 0.2) is 15.6 Å². The minimum Gasteiger partial charge on any atom is -0.359 e. The number of aromatic nitrogens is 1. The number of amides is 1. The monoisotopic (exact) mass is 402 g/mol. The number of benzene rings is 1. The molecule has 0 aliphatic heterocycles. The van der Waals surface area contributed by atoms with Crippen LogP contribution in [0.15, 0.2) is 39.9 Å². The van der Waals surface area contributed by atoms with E-state index >= 15 is 0 Å². The number of nitrogens with zero attached hydrogens (tertiary/aromatic N) is 1. The van der Waals surface area contributed by atoms with E-state index in [-0.39, 0.29) is 16.7 Å². The van der Waals surface area contributed by atoms with Crippen LogP contribution in [0.5, 0.6) is 0 Å². The lowest BCUT2D eigenvalue weighted by Crippen LogP contribution is -2.23. The second-order valence-electron chi connectivity index (χ2n) is 8.15. The molecule has 1 N–H and O–H groups in total. The predicted molar refractivity (Wildman–Crippen MR) is 106 cm³/mol. The van der Waals surface area contributed by atoms with Gasteiger partial charge >= 0.3 is 0 Å². The average Bonchev–Trinajstić information content (AvgIpc) is 3.17. The predicted octanol–water partition coefficient (Wildman–Crippen LogP) is 4.26. The van der Waals surface area contributed by atoms with Crippen LogP contribution in [0.4, 0.5) is 5.69 Å². The van der Waals surface area contributed by atoms with Gasteiger partial charge in [-0.2, -0.15) is 0 Å². The Balaban J connectivity index is 1.57. The first-order valence-corrected chi connectivity index (χ1v) is 11.9. The molecule has 2 fully saturated rings. The Morgan fingerprint density at radius 3 is 2.46 bits per heavy atom. The van der Waals surface area contributed by atoms with Crippen molar-refractivity contribution in [1.82, 2.24) is 5.16 Å². The second kappa shape index (κ2) is 7.70. The molecule has 0 bridgehead atoms. The normalized spacial score (nSPS) is 18.9. The smallest absolute Gasteiger partial charge is 0.232 e. The third-order valence-corrected chi connectivity index (χ3v) is 7.00. The topological polar surface area (TPSA) is 89.3 Å². The SMILES string of the molecule is CS(=O)(=O)c1ccc(C(CC2CCCC2)C(=O)Nc2cnoc2C2CC2)cc1. The van der Waals surface area contributed by atoms with Crippen LogP contribution in [-0.2, 0) is 14.6 Å². The molecular weight excluding hydrogens is 376 g/mol. The fraction of sp³-hybridized carbons (Fsp3) is 0.524. The van der Waals surface area contributed by atoms with Crippen molar-refractivity contribution in [3.8, 4) is 0 Å². The van der Waals surface area contributed by atoms with E-state index in [1.165, 1.54) is 19.1 Å². The van der Waals surface area contributed by atoms with Gasteiger partial charge in [0.25, 0.3) is 0 Å². The summed E-state index contributed by atoms with van der Waals surface area (Å²) in [6, 6.07) is 6.72. The van der Waals surface area contributed by atoms with Gasteiger partial charge in [-0.05, 0) is 42.9 Å². The zero-order valence-electron chi connectivity index (χ0n) is 16.1. The van der Waals surface area contributed by atoms with Crippen molar-refractivity contribution < 1.29 is 17.7 Å². The standard InChI is InChI=1S/C21H26N2O4S/c1-28(25,26)17-10-8-15(9-11-17)18(12-14-4-2-3-5-14)21(24)23-19-13-22-27-20(19)16-6-7-16/h8-11,13-14,16,18H,2-7,12H2,1H3,(H,23,24). The summed E-state index contributed by atoms with van der Waals surface area (Å²) in [5, 5.41) is 6.87. The number of sulfone groups is 1. The van der Waals surface area contributed by atoms with Crippen molar-refractivity contribution in [3.63, 3.8) is 0 Å². The summed E-state index contributed by atoms with van der Waals surface area (Å²) >= 11 is 0. The van der Waals surface area contributed by atoms with Crippen LogP contribution in [-0.4, -0.2) is 25.7 Å². The van der Waals surface area contributed by atoms with Crippen LogP contribution in [0.3, 0.4) is 0 Å². The molecule has 2 aliphatic rings. The van der Waals surface area contributed by atoms with Gasteiger partial charge in [0.1, 0.15) is 5.69 Å². The Hall–Kier alpha value is -2.15. The highest BCUT2D eigenvalue weighted by atomic mass is 32.2. The number of carbonyl (C=O) groups excluding carboxylic acids is 1. The van der Waals surface area contributed by atoms with Crippen LogP contribution in [0, 0.1) is 5.92 Å². The summed E-state index contributed by atoms with van der Waals surface area (Å²) in [6.07, 6.45) is 10.4. The first-order valence-electron chi connectivity index (χ1n) is 9.97. The highest BCUT2D eigenvalue weighted by molar-refractivity contribution is 7.90. The molecule has 7 heteroatoms. The second-order valence-corrected chi connectivity index (χ2v) is 10.2. The lowest BCUT2D eigenvalue weighted by Gasteiger charge is -2.21. The van der Waals surface area contributed by atoms with E-state index in [0.29, 0.717) is 17.5 Å². The largest absolute Gasteiger partial charge is 0.359 e. The fourth-order valence-corrected chi connectivity index (χ4v) is 4.75. The van der Waals surface area contributed by atoms with E-state index in [0.717, 1.165) is 43.4 Å². The average molecular weight is 403 g/mol. The van der Waals surface area contributed by atoms with Gasteiger partial charge in [-0.1, -0.05) is 43.0 Å². The first kappa shape index (κ1) is 19.2. The molecule has 1 atom stereocenters. The molecule has 2 aliphatic carbocycles. The Kier molecular flexibility index (Phi) is 5.27. The maximum absolute atomic E-state index is 13.2. The summed E-state index contributed by atoms with van der Waals surface area (Å²) in [6.45, 7) is 0. The summed E-state index contributed by atoms with van der Waals surface area (Å²) < 4.78 is 28.8. The molecule has 4 rings (SSSR count). The molecule has 150 valence electrons. The highest BCUT2D eigenvalue weighted by Gasteiger charge is 2.32.